The average molecular weight is 283 g/mol. The molecule has 0 aliphatic rings. The third-order valence-corrected chi connectivity index (χ3v) is 3.69. The molecule has 2 rings (SSSR count). The van der Waals surface area contributed by atoms with Crippen molar-refractivity contribution in [3.05, 3.63) is 51.7 Å². The van der Waals surface area contributed by atoms with Gasteiger partial charge in [0.2, 0.25) is 0 Å². The standard InChI is InChI=1S/C14H15F2NOS/c1-10-8-19-9-12(10)7-17-6-11-4-2-3-5-13(11)18-14(15)16/h2-5,8-9,14,17H,6-7H2,1H3. The molecule has 0 spiro atoms. The number of alkyl halides is 2. The number of halogens is 2. The summed E-state index contributed by atoms with van der Waals surface area (Å²) in [4.78, 5) is 0. The van der Waals surface area contributed by atoms with Crippen LogP contribution in [-0.2, 0) is 13.1 Å². The Morgan fingerprint density at radius 3 is 2.58 bits per heavy atom. The van der Waals surface area contributed by atoms with E-state index in [-0.39, 0.29) is 5.75 Å². The van der Waals surface area contributed by atoms with Crippen LogP contribution in [0.4, 0.5) is 8.78 Å². The number of ether oxygens (including phenoxy) is 1. The Bertz CT molecular complexity index is 528. The van der Waals surface area contributed by atoms with Gasteiger partial charge >= 0.3 is 6.61 Å². The van der Waals surface area contributed by atoms with Crippen LogP contribution in [0, 0.1) is 6.92 Å². The van der Waals surface area contributed by atoms with E-state index >= 15 is 0 Å². The highest BCUT2D eigenvalue weighted by Crippen LogP contribution is 2.20. The Kier molecular flexibility index (Phi) is 4.87. The second-order valence-electron chi connectivity index (χ2n) is 4.17. The van der Waals surface area contributed by atoms with E-state index in [0.717, 1.165) is 12.1 Å². The molecule has 0 saturated heterocycles. The lowest BCUT2D eigenvalue weighted by Gasteiger charge is -2.11. The van der Waals surface area contributed by atoms with Crippen LogP contribution in [0.3, 0.4) is 0 Å². The molecule has 1 aromatic carbocycles. The molecular formula is C14H15F2NOS. The van der Waals surface area contributed by atoms with E-state index in [4.69, 9.17) is 0 Å². The van der Waals surface area contributed by atoms with Gasteiger partial charge in [0.1, 0.15) is 5.75 Å². The predicted octanol–water partition coefficient (Wildman–Crippen LogP) is 3.95. The Morgan fingerprint density at radius 1 is 1.16 bits per heavy atom. The zero-order valence-electron chi connectivity index (χ0n) is 10.5. The van der Waals surface area contributed by atoms with E-state index in [9.17, 15) is 8.78 Å². The third-order valence-electron chi connectivity index (χ3n) is 2.78. The van der Waals surface area contributed by atoms with Gasteiger partial charge in [0.05, 0.1) is 0 Å². The lowest BCUT2D eigenvalue weighted by Crippen LogP contribution is -2.14. The minimum atomic E-state index is -2.79. The van der Waals surface area contributed by atoms with Gasteiger partial charge in [-0.3, -0.25) is 0 Å². The first-order valence-electron chi connectivity index (χ1n) is 5.92. The number of hydrogen-bond acceptors (Lipinski definition) is 3. The fraction of sp³-hybridized carbons (Fsp3) is 0.286. The quantitative estimate of drug-likeness (QED) is 0.866. The van der Waals surface area contributed by atoms with Crippen molar-refractivity contribution >= 4 is 11.3 Å². The summed E-state index contributed by atoms with van der Waals surface area (Å²) in [5.74, 6) is 0.229. The predicted molar refractivity (Wildman–Crippen MR) is 72.7 cm³/mol. The Hall–Kier alpha value is -1.46. The topological polar surface area (TPSA) is 21.3 Å². The van der Waals surface area contributed by atoms with E-state index in [1.807, 2.05) is 6.07 Å². The van der Waals surface area contributed by atoms with Gasteiger partial charge < -0.3 is 10.1 Å². The SMILES string of the molecule is Cc1cscc1CNCc1ccccc1OC(F)F. The molecule has 0 fully saturated rings. The average Bonchev–Trinajstić information content (AvgIpc) is 2.77. The molecule has 0 saturated carbocycles. The van der Waals surface area contributed by atoms with Crippen molar-refractivity contribution in [3.63, 3.8) is 0 Å². The summed E-state index contributed by atoms with van der Waals surface area (Å²) in [6, 6.07) is 6.83. The van der Waals surface area contributed by atoms with Crippen LogP contribution < -0.4 is 10.1 Å². The highest BCUT2D eigenvalue weighted by atomic mass is 32.1. The molecule has 0 unspecified atom stereocenters. The monoisotopic (exact) mass is 283 g/mol. The van der Waals surface area contributed by atoms with Crippen molar-refractivity contribution in [1.29, 1.82) is 0 Å². The largest absolute Gasteiger partial charge is 0.434 e. The molecule has 1 N–H and O–H groups in total. The Balaban J connectivity index is 1.94. The summed E-state index contributed by atoms with van der Waals surface area (Å²) in [6.45, 7) is 0.484. The van der Waals surface area contributed by atoms with Crippen LogP contribution in [-0.4, -0.2) is 6.61 Å². The van der Waals surface area contributed by atoms with E-state index in [2.05, 4.69) is 27.7 Å². The van der Waals surface area contributed by atoms with Crippen LogP contribution >= 0.6 is 11.3 Å². The maximum absolute atomic E-state index is 12.3. The number of thiophene rings is 1. The first-order chi connectivity index (χ1) is 9.16. The van der Waals surface area contributed by atoms with E-state index in [1.54, 1.807) is 29.5 Å². The number of rotatable bonds is 6. The zero-order valence-corrected chi connectivity index (χ0v) is 11.3. The fourth-order valence-electron chi connectivity index (χ4n) is 1.76. The van der Waals surface area contributed by atoms with Gasteiger partial charge in [0.25, 0.3) is 0 Å². The molecular weight excluding hydrogens is 268 g/mol. The second-order valence-corrected chi connectivity index (χ2v) is 4.91. The molecule has 0 aliphatic heterocycles. The van der Waals surface area contributed by atoms with Crippen LogP contribution in [0.1, 0.15) is 16.7 Å². The molecule has 5 heteroatoms. The minimum Gasteiger partial charge on any atom is -0.434 e. The Labute approximate surface area is 115 Å². The van der Waals surface area contributed by atoms with Crippen LogP contribution in [0.2, 0.25) is 0 Å². The van der Waals surface area contributed by atoms with Crippen molar-refractivity contribution < 1.29 is 13.5 Å². The molecule has 2 aromatic rings. The normalized spacial score (nSPS) is 10.9. The van der Waals surface area contributed by atoms with Crippen molar-refractivity contribution in [2.24, 2.45) is 0 Å². The summed E-state index contributed by atoms with van der Waals surface area (Å²) in [7, 11) is 0. The van der Waals surface area contributed by atoms with Crippen molar-refractivity contribution in [2.45, 2.75) is 26.6 Å². The van der Waals surface area contributed by atoms with Crippen molar-refractivity contribution in [1.82, 2.24) is 5.32 Å². The highest BCUT2D eigenvalue weighted by molar-refractivity contribution is 7.08. The molecule has 1 heterocycles. The molecule has 2 nitrogen and oxygen atoms in total. The van der Waals surface area contributed by atoms with Crippen LogP contribution in [0.25, 0.3) is 0 Å². The van der Waals surface area contributed by atoms with Gasteiger partial charge in [-0.1, -0.05) is 18.2 Å². The highest BCUT2D eigenvalue weighted by Gasteiger charge is 2.08. The van der Waals surface area contributed by atoms with Crippen LogP contribution in [0.5, 0.6) is 5.75 Å². The minimum absolute atomic E-state index is 0.229. The van der Waals surface area contributed by atoms with Gasteiger partial charge in [-0.15, -0.1) is 0 Å². The first kappa shape index (κ1) is 14.0. The van der Waals surface area contributed by atoms with Gasteiger partial charge in [-0.05, 0) is 34.9 Å². The molecule has 0 atom stereocenters. The molecule has 0 radical (unpaired) electrons. The number of benzene rings is 1. The second kappa shape index (κ2) is 6.63. The number of aryl methyl sites for hydroxylation is 1. The summed E-state index contributed by atoms with van der Waals surface area (Å²) in [5, 5.41) is 7.42. The third kappa shape index (κ3) is 4.01. The summed E-state index contributed by atoms with van der Waals surface area (Å²) in [6.07, 6.45) is 0. The maximum Gasteiger partial charge on any atom is 0.387 e. The molecule has 102 valence electrons. The van der Waals surface area contributed by atoms with Gasteiger partial charge in [0, 0.05) is 18.7 Å². The molecule has 0 amide bonds. The summed E-state index contributed by atoms with van der Waals surface area (Å²) < 4.78 is 29.0. The Morgan fingerprint density at radius 2 is 1.89 bits per heavy atom. The van der Waals surface area contributed by atoms with Gasteiger partial charge in [-0.2, -0.15) is 20.1 Å². The zero-order chi connectivity index (χ0) is 13.7. The summed E-state index contributed by atoms with van der Waals surface area (Å²) >= 11 is 1.66. The van der Waals surface area contributed by atoms with Gasteiger partial charge in [-0.25, -0.2) is 0 Å². The van der Waals surface area contributed by atoms with Crippen molar-refractivity contribution in [2.75, 3.05) is 0 Å². The van der Waals surface area contributed by atoms with E-state index in [1.165, 1.54) is 11.1 Å². The maximum atomic E-state index is 12.3. The smallest absolute Gasteiger partial charge is 0.387 e. The van der Waals surface area contributed by atoms with Crippen molar-refractivity contribution in [3.8, 4) is 5.75 Å². The molecule has 0 bridgehead atoms. The van der Waals surface area contributed by atoms with E-state index < -0.39 is 6.61 Å². The number of hydrogen-bond donors (Lipinski definition) is 1. The molecule has 1 aromatic heterocycles. The molecule has 19 heavy (non-hydrogen) atoms. The number of para-hydroxylation sites is 1. The lowest BCUT2D eigenvalue weighted by molar-refractivity contribution is -0.0505. The fourth-order valence-corrected chi connectivity index (χ4v) is 2.62. The van der Waals surface area contributed by atoms with E-state index in [0.29, 0.717) is 6.54 Å². The van der Waals surface area contributed by atoms with Crippen LogP contribution in [0.15, 0.2) is 35.0 Å². The number of nitrogens with one attached hydrogen (secondary N) is 1. The summed E-state index contributed by atoms with van der Waals surface area (Å²) in [5.41, 5.74) is 3.21. The lowest BCUT2D eigenvalue weighted by atomic mass is 10.2. The first-order valence-corrected chi connectivity index (χ1v) is 6.86. The van der Waals surface area contributed by atoms with Gasteiger partial charge in [0.15, 0.2) is 0 Å². The molecule has 0 aliphatic carbocycles.